The highest BCUT2D eigenvalue weighted by molar-refractivity contribution is 5.31. The normalized spacial score (nSPS) is 9.70. The summed E-state index contributed by atoms with van der Waals surface area (Å²) in [7, 11) is 3.46. The number of rotatable bonds is 2. The minimum Gasteiger partial charge on any atom is -0.508 e. The fraction of sp³-hybridized carbons (Fsp3) is 0.125. The molecule has 0 aliphatic carbocycles. The first-order valence-electron chi connectivity index (χ1n) is 3.11. The molecule has 0 aliphatic rings. The molecule has 0 atom stereocenters. The van der Waals surface area contributed by atoms with E-state index in [9.17, 15) is 5.11 Å². The summed E-state index contributed by atoms with van der Waals surface area (Å²) in [4.78, 5) is 0. The third-order valence-electron chi connectivity index (χ3n) is 1.31. The van der Waals surface area contributed by atoms with Crippen LogP contribution in [0.25, 0.3) is 0 Å². The Hall–Kier alpha value is -1.02. The van der Waals surface area contributed by atoms with Gasteiger partial charge in [-0.3, -0.25) is 0 Å². The number of benzene rings is 1. The Morgan fingerprint density at radius 2 is 2.10 bits per heavy atom. The van der Waals surface area contributed by atoms with Crippen molar-refractivity contribution in [3.05, 3.63) is 36.9 Å². The Morgan fingerprint density at radius 3 is 2.70 bits per heavy atom. The molecule has 2 heteroatoms. The fourth-order valence-corrected chi connectivity index (χ4v) is 0.795. The van der Waals surface area contributed by atoms with Gasteiger partial charge in [0.25, 0.3) is 0 Å². The predicted octanol–water partition coefficient (Wildman–Crippen LogP) is 1.27. The molecular weight excluding hydrogens is 126 g/mol. The van der Waals surface area contributed by atoms with Crippen molar-refractivity contribution < 1.29 is 5.11 Å². The van der Waals surface area contributed by atoms with E-state index < -0.39 is 0 Å². The molecule has 0 aromatic heterocycles. The molecule has 53 valence electrons. The van der Waals surface area contributed by atoms with E-state index in [0.717, 1.165) is 5.56 Å². The Labute approximate surface area is 60.5 Å². The van der Waals surface area contributed by atoms with E-state index in [0.29, 0.717) is 12.3 Å². The monoisotopic (exact) mass is 136 g/mol. The van der Waals surface area contributed by atoms with Crippen molar-refractivity contribution in [3.63, 3.8) is 0 Å². The molecule has 0 heterocycles. The van der Waals surface area contributed by atoms with Crippen LogP contribution in [0, 0.1) is 7.05 Å². The Balaban J connectivity index is 2.81. The van der Waals surface area contributed by atoms with Crippen molar-refractivity contribution in [1.82, 2.24) is 5.32 Å². The Kier molecular flexibility index (Phi) is 2.29. The van der Waals surface area contributed by atoms with Gasteiger partial charge in [0.05, 0.1) is 0 Å². The lowest BCUT2D eigenvalue weighted by Crippen LogP contribution is -2.01. The van der Waals surface area contributed by atoms with Crippen LogP contribution < -0.4 is 5.32 Å². The molecule has 1 rings (SSSR count). The predicted molar refractivity (Wildman–Crippen MR) is 40.3 cm³/mol. The van der Waals surface area contributed by atoms with E-state index in [1.54, 1.807) is 12.1 Å². The summed E-state index contributed by atoms with van der Waals surface area (Å²) < 4.78 is 0. The van der Waals surface area contributed by atoms with Crippen LogP contribution in [0.2, 0.25) is 0 Å². The molecule has 1 radical (unpaired) electrons. The van der Waals surface area contributed by atoms with E-state index in [1.807, 2.05) is 12.1 Å². The standard InChI is InChI=1S/C8H10NO/c1-9-6-7-4-2-3-5-8(7)10/h2-5,9-10H,1,6H2. The van der Waals surface area contributed by atoms with Crippen LogP contribution in [0.5, 0.6) is 5.75 Å². The van der Waals surface area contributed by atoms with Crippen molar-refractivity contribution in [3.8, 4) is 5.75 Å². The smallest absolute Gasteiger partial charge is 0.120 e. The molecule has 2 N–H and O–H groups in total. The van der Waals surface area contributed by atoms with Gasteiger partial charge in [0.1, 0.15) is 5.75 Å². The molecule has 0 unspecified atom stereocenters. The number of para-hydroxylation sites is 1. The molecule has 0 aliphatic heterocycles. The van der Waals surface area contributed by atoms with Gasteiger partial charge in [-0.25, -0.2) is 0 Å². The maximum absolute atomic E-state index is 9.17. The maximum Gasteiger partial charge on any atom is 0.120 e. The molecule has 1 aromatic carbocycles. The molecular formula is C8H10NO. The summed E-state index contributed by atoms with van der Waals surface area (Å²) in [5, 5.41) is 11.9. The fourth-order valence-electron chi connectivity index (χ4n) is 0.795. The molecule has 10 heavy (non-hydrogen) atoms. The van der Waals surface area contributed by atoms with Gasteiger partial charge >= 0.3 is 0 Å². The molecule has 0 fully saturated rings. The average molecular weight is 136 g/mol. The SMILES string of the molecule is [CH2]NCc1ccccc1O. The van der Waals surface area contributed by atoms with E-state index in [2.05, 4.69) is 12.4 Å². The van der Waals surface area contributed by atoms with E-state index >= 15 is 0 Å². The lowest BCUT2D eigenvalue weighted by atomic mass is 10.2. The number of phenols is 1. The van der Waals surface area contributed by atoms with Gasteiger partial charge in [-0.15, -0.1) is 0 Å². The zero-order valence-corrected chi connectivity index (χ0v) is 5.67. The lowest BCUT2D eigenvalue weighted by molar-refractivity contribution is 0.466. The highest BCUT2D eigenvalue weighted by Crippen LogP contribution is 2.14. The zero-order chi connectivity index (χ0) is 7.40. The van der Waals surface area contributed by atoms with Gasteiger partial charge in [-0.05, 0) is 6.07 Å². The second-order valence-electron chi connectivity index (χ2n) is 2.06. The summed E-state index contributed by atoms with van der Waals surface area (Å²) in [6.45, 7) is 0.604. The van der Waals surface area contributed by atoms with Crippen LogP contribution in [0.4, 0.5) is 0 Å². The summed E-state index contributed by atoms with van der Waals surface area (Å²) in [5.74, 6) is 0.318. The largest absolute Gasteiger partial charge is 0.508 e. The van der Waals surface area contributed by atoms with Gasteiger partial charge in [0.15, 0.2) is 0 Å². The summed E-state index contributed by atoms with van der Waals surface area (Å²) in [6.07, 6.45) is 0. The van der Waals surface area contributed by atoms with Crippen molar-refractivity contribution in [2.45, 2.75) is 6.54 Å². The third-order valence-corrected chi connectivity index (χ3v) is 1.31. The van der Waals surface area contributed by atoms with E-state index in [1.165, 1.54) is 0 Å². The molecule has 0 saturated carbocycles. The lowest BCUT2D eigenvalue weighted by Gasteiger charge is -2.00. The van der Waals surface area contributed by atoms with Crippen molar-refractivity contribution >= 4 is 0 Å². The third kappa shape index (κ3) is 1.48. The first-order chi connectivity index (χ1) is 4.84. The molecule has 0 spiro atoms. The first kappa shape index (κ1) is 7.09. The molecule has 1 aromatic rings. The maximum atomic E-state index is 9.17. The highest BCUT2D eigenvalue weighted by Gasteiger charge is 1.94. The molecule has 0 amide bonds. The van der Waals surface area contributed by atoms with Crippen LogP contribution in [0.1, 0.15) is 5.56 Å². The quantitative estimate of drug-likeness (QED) is 0.641. The topological polar surface area (TPSA) is 32.3 Å². The van der Waals surface area contributed by atoms with Gasteiger partial charge in [-0.2, -0.15) is 0 Å². The van der Waals surface area contributed by atoms with Crippen LogP contribution in [0.3, 0.4) is 0 Å². The summed E-state index contributed by atoms with van der Waals surface area (Å²) in [6, 6.07) is 7.19. The van der Waals surface area contributed by atoms with Crippen LogP contribution in [0.15, 0.2) is 24.3 Å². The molecule has 0 saturated heterocycles. The summed E-state index contributed by atoms with van der Waals surface area (Å²) >= 11 is 0. The second kappa shape index (κ2) is 3.22. The highest BCUT2D eigenvalue weighted by atomic mass is 16.3. The number of aromatic hydroxyl groups is 1. The van der Waals surface area contributed by atoms with Gasteiger partial charge in [0.2, 0.25) is 0 Å². The molecule has 0 bridgehead atoms. The van der Waals surface area contributed by atoms with Crippen molar-refractivity contribution in [2.24, 2.45) is 0 Å². The minimum absolute atomic E-state index is 0.318. The number of phenolic OH excluding ortho intramolecular Hbond substituents is 1. The van der Waals surface area contributed by atoms with Crippen LogP contribution in [-0.4, -0.2) is 5.11 Å². The van der Waals surface area contributed by atoms with Crippen LogP contribution >= 0.6 is 0 Å². The minimum atomic E-state index is 0.318. The number of hydrogen-bond acceptors (Lipinski definition) is 2. The Bertz CT molecular complexity index is 210. The van der Waals surface area contributed by atoms with Gasteiger partial charge < -0.3 is 10.4 Å². The number of nitrogens with one attached hydrogen (secondary N) is 1. The van der Waals surface area contributed by atoms with Crippen LogP contribution in [-0.2, 0) is 6.54 Å². The Morgan fingerprint density at radius 1 is 1.40 bits per heavy atom. The van der Waals surface area contributed by atoms with Gasteiger partial charge in [0, 0.05) is 19.2 Å². The van der Waals surface area contributed by atoms with Crippen molar-refractivity contribution in [1.29, 1.82) is 0 Å². The summed E-state index contributed by atoms with van der Waals surface area (Å²) in [5.41, 5.74) is 0.873. The van der Waals surface area contributed by atoms with E-state index in [-0.39, 0.29) is 0 Å². The van der Waals surface area contributed by atoms with E-state index in [4.69, 9.17) is 0 Å². The number of hydrogen-bond donors (Lipinski definition) is 2. The first-order valence-corrected chi connectivity index (χ1v) is 3.11. The van der Waals surface area contributed by atoms with Gasteiger partial charge in [-0.1, -0.05) is 18.2 Å². The second-order valence-corrected chi connectivity index (χ2v) is 2.06. The molecule has 2 nitrogen and oxygen atoms in total. The van der Waals surface area contributed by atoms with Crippen molar-refractivity contribution in [2.75, 3.05) is 0 Å². The average Bonchev–Trinajstić information content (AvgIpc) is 1.94. The zero-order valence-electron chi connectivity index (χ0n) is 5.67.